The Labute approximate surface area is 187 Å². The average Bonchev–Trinajstić information content (AvgIpc) is 3.14. The van der Waals surface area contributed by atoms with Gasteiger partial charge in [-0.05, 0) is 48.3 Å². The minimum Gasteiger partial charge on any atom is -0.496 e. The maximum atomic E-state index is 13.4. The normalized spacial score (nSPS) is 21.7. The molecule has 1 amide bonds. The Morgan fingerprint density at radius 2 is 1.81 bits per heavy atom. The largest absolute Gasteiger partial charge is 0.496 e. The molecule has 1 aliphatic heterocycles. The first-order valence-electron chi connectivity index (χ1n) is 11.7. The van der Waals surface area contributed by atoms with Crippen LogP contribution in [0.4, 0.5) is 0 Å². The SMILES string of the molecule is COc1ccc(C(C)(C)C)cc1CNC1CCC(c2ccccc2)N1C(=O)C1CCC1. The first-order chi connectivity index (χ1) is 14.9. The van der Waals surface area contributed by atoms with E-state index in [4.69, 9.17) is 4.74 Å². The smallest absolute Gasteiger partial charge is 0.227 e. The van der Waals surface area contributed by atoms with Crippen molar-refractivity contribution < 1.29 is 9.53 Å². The van der Waals surface area contributed by atoms with Crippen molar-refractivity contribution in [3.8, 4) is 5.75 Å². The lowest BCUT2D eigenvalue weighted by atomic mass is 9.84. The summed E-state index contributed by atoms with van der Waals surface area (Å²) in [5.41, 5.74) is 3.76. The number of likely N-dealkylation sites (tertiary alicyclic amines) is 1. The van der Waals surface area contributed by atoms with E-state index in [1.165, 1.54) is 17.5 Å². The molecule has 2 aromatic carbocycles. The lowest BCUT2D eigenvalue weighted by Crippen LogP contribution is -2.48. The minimum absolute atomic E-state index is 0.0568. The van der Waals surface area contributed by atoms with Gasteiger partial charge >= 0.3 is 0 Å². The number of hydrogen-bond donors (Lipinski definition) is 1. The molecule has 4 heteroatoms. The van der Waals surface area contributed by atoms with Crippen LogP contribution in [0.5, 0.6) is 5.75 Å². The number of carbonyl (C=O) groups excluding carboxylic acids is 1. The molecule has 166 valence electrons. The van der Waals surface area contributed by atoms with Crippen LogP contribution in [0.2, 0.25) is 0 Å². The number of carbonyl (C=O) groups is 1. The zero-order chi connectivity index (χ0) is 22.0. The van der Waals surface area contributed by atoms with Gasteiger partial charge in [0.2, 0.25) is 5.91 Å². The molecule has 2 atom stereocenters. The number of hydrogen-bond acceptors (Lipinski definition) is 3. The highest BCUT2D eigenvalue weighted by Gasteiger charge is 2.41. The molecule has 2 unspecified atom stereocenters. The summed E-state index contributed by atoms with van der Waals surface area (Å²) in [6.07, 6.45) is 5.27. The van der Waals surface area contributed by atoms with Gasteiger partial charge in [0.05, 0.1) is 19.3 Å². The topological polar surface area (TPSA) is 41.6 Å². The predicted octanol–water partition coefficient (Wildman–Crippen LogP) is 5.57. The summed E-state index contributed by atoms with van der Waals surface area (Å²) in [4.78, 5) is 15.6. The Morgan fingerprint density at radius 1 is 1.06 bits per heavy atom. The van der Waals surface area contributed by atoms with E-state index in [2.05, 4.69) is 73.5 Å². The maximum Gasteiger partial charge on any atom is 0.227 e. The van der Waals surface area contributed by atoms with Gasteiger partial charge in [-0.3, -0.25) is 10.1 Å². The van der Waals surface area contributed by atoms with E-state index in [1.54, 1.807) is 7.11 Å². The maximum absolute atomic E-state index is 13.4. The lowest BCUT2D eigenvalue weighted by Gasteiger charge is -2.37. The first-order valence-corrected chi connectivity index (χ1v) is 11.7. The van der Waals surface area contributed by atoms with Crippen molar-refractivity contribution in [1.29, 1.82) is 0 Å². The van der Waals surface area contributed by atoms with Crippen molar-refractivity contribution in [3.05, 3.63) is 65.2 Å². The molecule has 2 aliphatic rings. The number of nitrogens with one attached hydrogen (secondary N) is 1. The summed E-state index contributed by atoms with van der Waals surface area (Å²) in [6.45, 7) is 7.37. The summed E-state index contributed by atoms with van der Waals surface area (Å²) in [5, 5.41) is 3.71. The van der Waals surface area contributed by atoms with Crippen LogP contribution in [0, 0.1) is 5.92 Å². The van der Waals surface area contributed by atoms with E-state index in [0.717, 1.165) is 37.0 Å². The van der Waals surface area contributed by atoms with Gasteiger partial charge in [-0.15, -0.1) is 0 Å². The van der Waals surface area contributed by atoms with Gasteiger partial charge in [0.15, 0.2) is 0 Å². The molecule has 4 nitrogen and oxygen atoms in total. The molecule has 1 N–H and O–H groups in total. The van der Waals surface area contributed by atoms with E-state index in [9.17, 15) is 4.79 Å². The monoisotopic (exact) mass is 420 g/mol. The summed E-state index contributed by atoms with van der Waals surface area (Å²) in [6, 6.07) is 17.1. The average molecular weight is 421 g/mol. The predicted molar refractivity (Wildman–Crippen MR) is 125 cm³/mol. The Bertz CT molecular complexity index is 899. The van der Waals surface area contributed by atoms with Crippen LogP contribution >= 0.6 is 0 Å². The molecule has 0 radical (unpaired) electrons. The van der Waals surface area contributed by atoms with Crippen LogP contribution < -0.4 is 10.1 Å². The zero-order valence-electron chi connectivity index (χ0n) is 19.4. The third-order valence-electron chi connectivity index (χ3n) is 6.95. The van der Waals surface area contributed by atoms with Crippen molar-refractivity contribution in [2.24, 2.45) is 5.92 Å². The molecule has 2 aromatic rings. The number of benzene rings is 2. The third kappa shape index (κ3) is 4.64. The number of nitrogens with zero attached hydrogens (tertiary/aromatic N) is 1. The molecule has 0 aromatic heterocycles. The highest BCUT2D eigenvalue weighted by atomic mass is 16.5. The molecule has 1 saturated carbocycles. The number of rotatable bonds is 6. The second-order valence-corrected chi connectivity index (χ2v) is 10.1. The van der Waals surface area contributed by atoms with E-state index >= 15 is 0 Å². The fourth-order valence-electron chi connectivity index (χ4n) is 4.80. The molecule has 1 heterocycles. The highest BCUT2D eigenvalue weighted by molar-refractivity contribution is 5.80. The van der Waals surface area contributed by atoms with E-state index in [1.807, 2.05) is 6.07 Å². The van der Waals surface area contributed by atoms with Crippen molar-refractivity contribution in [1.82, 2.24) is 10.2 Å². The molecule has 1 aliphatic carbocycles. The van der Waals surface area contributed by atoms with Gasteiger partial charge in [0.1, 0.15) is 5.75 Å². The van der Waals surface area contributed by atoms with E-state index in [0.29, 0.717) is 12.5 Å². The number of methoxy groups -OCH3 is 1. The Hall–Kier alpha value is -2.33. The van der Waals surface area contributed by atoms with Gasteiger partial charge in [-0.1, -0.05) is 69.7 Å². The van der Waals surface area contributed by atoms with Crippen LogP contribution in [-0.4, -0.2) is 24.1 Å². The fraction of sp³-hybridized carbons (Fsp3) is 0.519. The van der Waals surface area contributed by atoms with Crippen molar-refractivity contribution >= 4 is 5.91 Å². The van der Waals surface area contributed by atoms with Crippen LogP contribution in [0.1, 0.15) is 75.6 Å². The molecule has 31 heavy (non-hydrogen) atoms. The lowest BCUT2D eigenvalue weighted by molar-refractivity contribution is -0.142. The van der Waals surface area contributed by atoms with Gasteiger partial charge in [0, 0.05) is 18.0 Å². The number of ether oxygens (including phenoxy) is 1. The summed E-state index contributed by atoms with van der Waals surface area (Å²) < 4.78 is 5.64. The Kier molecular flexibility index (Phi) is 6.38. The van der Waals surface area contributed by atoms with Gasteiger partial charge in [0.25, 0.3) is 0 Å². The molecular formula is C27H36N2O2. The molecular weight excluding hydrogens is 384 g/mol. The fourth-order valence-corrected chi connectivity index (χ4v) is 4.80. The quantitative estimate of drug-likeness (QED) is 0.664. The van der Waals surface area contributed by atoms with Crippen LogP contribution in [0.25, 0.3) is 0 Å². The van der Waals surface area contributed by atoms with Gasteiger partial charge in [-0.25, -0.2) is 0 Å². The summed E-state index contributed by atoms with van der Waals surface area (Å²) in [5.74, 6) is 1.42. The first kappa shape index (κ1) is 21.9. The van der Waals surface area contributed by atoms with E-state index in [-0.39, 0.29) is 23.5 Å². The van der Waals surface area contributed by atoms with Crippen LogP contribution in [0.3, 0.4) is 0 Å². The van der Waals surface area contributed by atoms with Crippen LogP contribution in [0.15, 0.2) is 48.5 Å². The Balaban J connectivity index is 1.55. The number of amides is 1. The Morgan fingerprint density at radius 3 is 2.42 bits per heavy atom. The molecule has 1 saturated heterocycles. The third-order valence-corrected chi connectivity index (χ3v) is 6.95. The summed E-state index contributed by atoms with van der Waals surface area (Å²) in [7, 11) is 1.73. The highest BCUT2D eigenvalue weighted by Crippen LogP contribution is 2.40. The second kappa shape index (κ2) is 9.04. The van der Waals surface area contributed by atoms with Crippen molar-refractivity contribution in [3.63, 3.8) is 0 Å². The van der Waals surface area contributed by atoms with E-state index < -0.39 is 0 Å². The minimum atomic E-state index is 0.0568. The molecule has 4 rings (SSSR count). The zero-order valence-corrected chi connectivity index (χ0v) is 19.4. The molecule has 2 fully saturated rings. The van der Waals surface area contributed by atoms with Gasteiger partial charge < -0.3 is 9.64 Å². The molecule has 0 spiro atoms. The van der Waals surface area contributed by atoms with Crippen molar-refractivity contribution in [2.45, 2.75) is 77.0 Å². The van der Waals surface area contributed by atoms with Gasteiger partial charge in [-0.2, -0.15) is 0 Å². The second-order valence-electron chi connectivity index (χ2n) is 10.1. The standard InChI is InChI=1S/C27H36N2O2/c1-27(2,3)22-13-15-24(31-4)21(17-22)18-28-25-16-14-23(19-9-6-5-7-10-19)29(25)26(30)20-11-8-12-20/h5-7,9-10,13,15,17,20,23,25,28H,8,11-12,14,16,18H2,1-4H3. The molecule has 0 bridgehead atoms. The summed E-state index contributed by atoms with van der Waals surface area (Å²) >= 11 is 0. The van der Waals surface area contributed by atoms with Crippen molar-refractivity contribution in [2.75, 3.05) is 7.11 Å². The van der Waals surface area contributed by atoms with Crippen LogP contribution in [-0.2, 0) is 16.8 Å².